The number of aliphatic hydroxyl groups excluding tert-OH is 1. The van der Waals surface area contributed by atoms with E-state index in [1.54, 1.807) is 6.92 Å². The van der Waals surface area contributed by atoms with Crippen molar-refractivity contribution in [3.8, 4) is 0 Å². The summed E-state index contributed by atoms with van der Waals surface area (Å²) in [5, 5.41) is 9.90. The lowest BCUT2D eigenvalue weighted by Gasteiger charge is -2.29. The van der Waals surface area contributed by atoms with E-state index in [2.05, 4.69) is 0 Å². The van der Waals surface area contributed by atoms with Crippen LogP contribution < -0.4 is 0 Å². The Kier molecular flexibility index (Phi) is 6.49. The summed E-state index contributed by atoms with van der Waals surface area (Å²) in [4.78, 5) is 23.8. The van der Waals surface area contributed by atoms with Gasteiger partial charge in [-0.05, 0) is 32.1 Å². The van der Waals surface area contributed by atoms with Gasteiger partial charge in [-0.1, -0.05) is 20.3 Å². The van der Waals surface area contributed by atoms with E-state index >= 15 is 0 Å². The number of Topliss-reactive ketones (excluding diaryl/α,β-unsaturated/α-hetero) is 1. The van der Waals surface area contributed by atoms with Crippen LogP contribution in [0, 0.1) is 17.8 Å². The van der Waals surface area contributed by atoms with Crippen molar-refractivity contribution in [2.45, 2.75) is 59.0 Å². The van der Waals surface area contributed by atoms with Crippen LogP contribution in [0.15, 0.2) is 0 Å². The van der Waals surface area contributed by atoms with Crippen molar-refractivity contribution in [2.24, 2.45) is 17.8 Å². The first-order valence-electron chi connectivity index (χ1n) is 7.33. The third-order valence-electron chi connectivity index (χ3n) is 3.92. The first-order chi connectivity index (χ1) is 8.95. The topological polar surface area (TPSA) is 63.6 Å². The molecular formula is C15H26O4. The zero-order valence-electron chi connectivity index (χ0n) is 12.2. The molecule has 0 aliphatic heterocycles. The number of carbonyl (C=O) groups excluding carboxylic acids is 2. The SMILES string of the molecule is CCOC(=O)CC1CCCC(CC(O)C(C)C)C1=O. The predicted octanol–water partition coefficient (Wildman–Crippen LogP) is 2.33. The highest BCUT2D eigenvalue weighted by atomic mass is 16.5. The molecule has 0 saturated heterocycles. The van der Waals surface area contributed by atoms with Gasteiger partial charge >= 0.3 is 5.97 Å². The molecule has 19 heavy (non-hydrogen) atoms. The lowest BCUT2D eigenvalue weighted by atomic mass is 9.75. The molecule has 0 aromatic carbocycles. The molecule has 110 valence electrons. The lowest BCUT2D eigenvalue weighted by molar-refractivity contribution is -0.147. The predicted molar refractivity (Wildman–Crippen MR) is 72.5 cm³/mol. The van der Waals surface area contributed by atoms with E-state index in [0.29, 0.717) is 13.0 Å². The van der Waals surface area contributed by atoms with Crippen molar-refractivity contribution in [3.63, 3.8) is 0 Å². The van der Waals surface area contributed by atoms with Gasteiger partial charge in [0.25, 0.3) is 0 Å². The van der Waals surface area contributed by atoms with Crippen LogP contribution in [0.2, 0.25) is 0 Å². The highest BCUT2D eigenvalue weighted by molar-refractivity contribution is 5.87. The maximum Gasteiger partial charge on any atom is 0.306 e. The fraction of sp³-hybridized carbons (Fsp3) is 0.867. The molecule has 4 nitrogen and oxygen atoms in total. The van der Waals surface area contributed by atoms with E-state index in [9.17, 15) is 14.7 Å². The lowest BCUT2D eigenvalue weighted by Crippen LogP contribution is -2.33. The number of ether oxygens (including phenoxy) is 1. The molecule has 3 atom stereocenters. The molecular weight excluding hydrogens is 244 g/mol. The summed E-state index contributed by atoms with van der Waals surface area (Å²) in [5.41, 5.74) is 0. The quantitative estimate of drug-likeness (QED) is 0.752. The van der Waals surface area contributed by atoms with Gasteiger partial charge in [-0.3, -0.25) is 9.59 Å². The molecule has 1 fully saturated rings. The van der Waals surface area contributed by atoms with E-state index in [0.717, 1.165) is 19.3 Å². The molecule has 0 heterocycles. The van der Waals surface area contributed by atoms with E-state index in [4.69, 9.17) is 4.74 Å². The van der Waals surface area contributed by atoms with Crippen LogP contribution in [0.3, 0.4) is 0 Å². The second-order valence-corrected chi connectivity index (χ2v) is 5.78. The van der Waals surface area contributed by atoms with Crippen LogP contribution >= 0.6 is 0 Å². The summed E-state index contributed by atoms with van der Waals surface area (Å²) in [6.45, 7) is 6.03. The van der Waals surface area contributed by atoms with E-state index < -0.39 is 6.10 Å². The van der Waals surface area contributed by atoms with Gasteiger partial charge in [0.2, 0.25) is 0 Å². The molecule has 0 radical (unpaired) electrons. The summed E-state index contributed by atoms with van der Waals surface area (Å²) < 4.78 is 4.91. The normalized spacial score (nSPS) is 25.4. The number of hydrogen-bond acceptors (Lipinski definition) is 4. The number of rotatable bonds is 6. The third-order valence-corrected chi connectivity index (χ3v) is 3.92. The molecule has 1 aliphatic rings. The molecule has 4 heteroatoms. The van der Waals surface area contributed by atoms with Gasteiger partial charge in [0, 0.05) is 11.8 Å². The summed E-state index contributed by atoms with van der Waals surface area (Å²) >= 11 is 0. The standard InChI is InChI=1S/C15H26O4/c1-4-19-14(17)9-12-7-5-6-11(15(12)18)8-13(16)10(2)3/h10-13,16H,4-9H2,1-3H3. The third kappa shape index (κ3) is 4.94. The summed E-state index contributed by atoms with van der Waals surface area (Å²) in [6, 6.07) is 0. The van der Waals surface area contributed by atoms with Gasteiger partial charge < -0.3 is 9.84 Å². The van der Waals surface area contributed by atoms with Crippen molar-refractivity contribution in [1.82, 2.24) is 0 Å². The van der Waals surface area contributed by atoms with Crippen LogP contribution in [-0.2, 0) is 14.3 Å². The first-order valence-corrected chi connectivity index (χ1v) is 7.33. The smallest absolute Gasteiger partial charge is 0.306 e. The van der Waals surface area contributed by atoms with Crippen LogP contribution in [0.4, 0.5) is 0 Å². The molecule has 3 unspecified atom stereocenters. The Morgan fingerprint density at radius 2 is 2.00 bits per heavy atom. The fourth-order valence-corrected chi connectivity index (χ4v) is 2.65. The number of aliphatic hydroxyl groups is 1. The Morgan fingerprint density at radius 3 is 2.58 bits per heavy atom. The zero-order valence-corrected chi connectivity index (χ0v) is 12.2. The average molecular weight is 270 g/mol. The van der Waals surface area contributed by atoms with Crippen molar-refractivity contribution < 1.29 is 19.4 Å². The molecule has 0 aromatic rings. The Morgan fingerprint density at radius 1 is 1.37 bits per heavy atom. The Balaban J connectivity index is 2.53. The second kappa shape index (κ2) is 7.63. The number of carbonyl (C=O) groups is 2. The highest BCUT2D eigenvalue weighted by Crippen LogP contribution is 2.31. The minimum atomic E-state index is -0.435. The highest BCUT2D eigenvalue weighted by Gasteiger charge is 2.34. The van der Waals surface area contributed by atoms with Gasteiger partial charge in [0.1, 0.15) is 5.78 Å². The van der Waals surface area contributed by atoms with Crippen molar-refractivity contribution in [2.75, 3.05) is 6.61 Å². The van der Waals surface area contributed by atoms with Crippen LogP contribution in [0.1, 0.15) is 52.9 Å². The van der Waals surface area contributed by atoms with Gasteiger partial charge in [0.15, 0.2) is 0 Å². The van der Waals surface area contributed by atoms with Gasteiger partial charge in [-0.25, -0.2) is 0 Å². The summed E-state index contributed by atoms with van der Waals surface area (Å²) in [7, 11) is 0. The molecule has 1 N–H and O–H groups in total. The molecule has 1 rings (SSSR count). The number of esters is 1. The minimum absolute atomic E-state index is 0.0921. The molecule has 0 amide bonds. The van der Waals surface area contributed by atoms with E-state index in [1.807, 2.05) is 13.8 Å². The van der Waals surface area contributed by atoms with Crippen LogP contribution in [0.25, 0.3) is 0 Å². The average Bonchev–Trinajstić information content (AvgIpc) is 2.34. The Hall–Kier alpha value is -0.900. The Bertz CT molecular complexity index is 311. The van der Waals surface area contributed by atoms with Crippen LogP contribution in [0.5, 0.6) is 0 Å². The van der Waals surface area contributed by atoms with Gasteiger partial charge in [-0.2, -0.15) is 0 Å². The fourth-order valence-electron chi connectivity index (χ4n) is 2.65. The maximum absolute atomic E-state index is 12.3. The molecule has 0 spiro atoms. The van der Waals surface area contributed by atoms with Crippen molar-refractivity contribution in [1.29, 1.82) is 0 Å². The van der Waals surface area contributed by atoms with E-state index in [-0.39, 0.29) is 35.9 Å². The van der Waals surface area contributed by atoms with E-state index in [1.165, 1.54) is 0 Å². The molecule has 0 aromatic heterocycles. The van der Waals surface area contributed by atoms with Gasteiger partial charge in [-0.15, -0.1) is 0 Å². The monoisotopic (exact) mass is 270 g/mol. The van der Waals surface area contributed by atoms with Crippen molar-refractivity contribution in [3.05, 3.63) is 0 Å². The molecule has 1 aliphatic carbocycles. The summed E-state index contributed by atoms with van der Waals surface area (Å²) in [5.74, 6) is -0.286. The Labute approximate surface area is 115 Å². The zero-order chi connectivity index (χ0) is 14.4. The van der Waals surface area contributed by atoms with Crippen molar-refractivity contribution >= 4 is 11.8 Å². The molecule has 0 bridgehead atoms. The number of hydrogen-bond donors (Lipinski definition) is 1. The largest absolute Gasteiger partial charge is 0.466 e. The summed E-state index contributed by atoms with van der Waals surface area (Å²) in [6.07, 6.45) is 2.84. The first kappa shape index (κ1) is 16.2. The minimum Gasteiger partial charge on any atom is -0.466 e. The molecule has 1 saturated carbocycles. The van der Waals surface area contributed by atoms with Gasteiger partial charge in [0.05, 0.1) is 19.1 Å². The maximum atomic E-state index is 12.3. The van der Waals surface area contributed by atoms with Crippen LogP contribution in [-0.4, -0.2) is 29.6 Å². The number of ketones is 1. The second-order valence-electron chi connectivity index (χ2n) is 5.78.